The number of hydrazone groups is 1. The zero-order valence-electron chi connectivity index (χ0n) is 14.5. The quantitative estimate of drug-likeness (QED) is 0.575. The number of carbonyl (C=O) groups is 2. The normalized spacial score (nSPS) is 12.3. The van der Waals surface area contributed by atoms with E-state index in [4.69, 9.17) is 16.3 Å². The van der Waals surface area contributed by atoms with Gasteiger partial charge in [-0.2, -0.15) is 5.10 Å². The van der Waals surface area contributed by atoms with Crippen LogP contribution in [0.2, 0.25) is 5.02 Å². The second kappa shape index (κ2) is 9.70. The summed E-state index contributed by atoms with van der Waals surface area (Å²) >= 11 is 5.80. The lowest BCUT2D eigenvalue weighted by Gasteiger charge is -2.14. The number of nitrogens with zero attached hydrogens (tertiary/aromatic N) is 1. The van der Waals surface area contributed by atoms with Crippen LogP contribution in [0.5, 0.6) is 0 Å². The molecule has 0 saturated heterocycles. The summed E-state index contributed by atoms with van der Waals surface area (Å²) in [5, 5.41) is 7.29. The molecule has 2 rings (SSSR count). The maximum Gasteiger partial charge on any atom is 0.273 e. The molecule has 2 amide bonds. The van der Waals surface area contributed by atoms with E-state index in [-0.39, 0.29) is 12.3 Å². The lowest BCUT2D eigenvalue weighted by molar-refractivity contribution is -0.131. The molecule has 0 bridgehead atoms. The molecule has 0 aliphatic carbocycles. The molecule has 136 valence electrons. The molecule has 0 aromatic heterocycles. The Morgan fingerprint density at radius 1 is 1.12 bits per heavy atom. The van der Waals surface area contributed by atoms with Gasteiger partial charge < -0.3 is 10.1 Å². The van der Waals surface area contributed by atoms with Crippen molar-refractivity contribution in [1.29, 1.82) is 0 Å². The Bertz CT molecular complexity index is 776. The molecule has 0 radical (unpaired) electrons. The average molecular weight is 374 g/mol. The van der Waals surface area contributed by atoms with Crippen LogP contribution >= 0.6 is 11.6 Å². The Kier molecular flexibility index (Phi) is 7.32. The Hall–Kier alpha value is -2.70. The third kappa shape index (κ3) is 5.98. The zero-order chi connectivity index (χ0) is 18.9. The average Bonchev–Trinajstić information content (AvgIpc) is 2.63. The van der Waals surface area contributed by atoms with E-state index in [1.54, 1.807) is 43.3 Å². The van der Waals surface area contributed by atoms with Crippen molar-refractivity contribution in [1.82, 2.24) is 5.43 Å². The standard InChI is InChI=1S/C19H20ClN3O3/c1-13(12-17(24)21-16-10-8-15(20)9-11-16)22-23-19(25)18(26-2)14-6-4-3-5-7-14/h3-11,18H,12H2,1-2H3,(H,21,24)(H,23,25)/b22-13+. The second-order valence-electron chi connectivity index (χ2n) is 5.58. The fourth-order valence-electron chi connectivity index (χ4n) is 2.24. The van der Waals surface area contributed by atoms with Gasteiger partial charge in [0, 0.05) is 23.5 Å². The van der Waals surface area contributed by atoms with Gasteiger partial charge in [0.2, 0.25) is 5.91 Å². The predicted octanol–water partition coefficient (Wildman–Crippen LogP) is 3.55. The van der Waals surface area contributed by atoms with E-state index in [0.29, 0.717) is 16.4 Å². The van der Waals surface area contributed by atoms with Crippen LogP contribution in [0.1, 0.15) is 25.0 Å². The molecule has 0 aliphatic heterocycles. The lowest BCUT2D eigenvalue weighted by atomic mass is 10.1. The molecular formula is C19H20ClN3O3. The number of benzene rings is 2. The first-order chi connectivity index (χ1) is 12.5. The van der Waals surface area contributed by atoms with Gasteiger partial charge in [0.15, 0.2) is 6.10 Å². The number of anilines is 1. The van der Waals surface area contributed by atoms with E-state index >= 15 is 0 Å². The largest absolute Gasteiger partial charge is 0.367 e. The summed E-state index contributed by atoms with van der Waals surface area (Å²) in [6.45, 7) is 1.66. The second-order valence-corrected chi connectivity index (χ2v) is 6.02. The van der Waals surface area contributed by atoms with Crippen LogP contribution in [0.3, 0.4) is 0 Å². The number of halogens is 1. The molecule has 0 saturated carbocycles. The van der Waals surface area contributed by atoms with Crippen LogP contribution in [0.25, 0.3) is 0 Å². The third-order valence-electron chi connectivity index (χ3n) is 3.48. The van der Waals surface area contributed by atoms with Crippen molar-refractivity contribution < 1.29 is 14.3 Å². The molecule has 0 aliphatic rings. The summed E-state index contributed by atoms with van der Waals surface area (Å²) in [4.78, 5) is 24.2. The van der Waals surface area contributed by atoms with Crippen LogP contribution in [0, 0.1) is 0 Å². The number of rotatable bonds is 7. The van der Waals surface area contributed by atoms with Crippen LogP contribution < -0.4 is 10.7 Å². The van der Waals surface area contributed by atoms with Crippen molar-refractivity contribution in [3.63, 3.8) is 0 Å². The van der Waals surface area contributed by atoms with Gasteiger partial charge in [-0.25, -0.2) is 5.43 Å². The molecule has 2 N–H and O–H groups in total. The highest BCUT2D eigenvalue weighted by Gasteiger charge is 2.19. The summed E-state index contributed by atoms with van der Waals surface area (Å²) in [6.07, 6.45) is -0.720. The summed E-state index contributed by atoms with van der Waals surface area (Å²) in [7, 11) is 1.45. The highest BCUT2D eigenvalue weighted by molar-refractivity contribution is 6.30. The molecule has 0 fully saturated rings. The van der Waals surface area contributed by atoms with Crippen molar-refractivity contribution in [2.24, 2.45) is 5.10 Å². The number of nitrogens with one attached hydrogen (secondary N) is 2. The van der Waals surface area contributed by atoms with Crippen molar-refractivity contribution in [3.8, 4) is 0 Å². The summed E-state index contributed by atoms with van der Waals surface area (Å²) in [5.74, 6) is -0.648. The van der Waals surface area contributed by atoms with Gasteiger partial charge in [0.1, 0.15) is 0 Å². The number of hydrogen-bond donors (Lipinski definition) is 2. The van der Waals surface area contributed by atoms with E-state index in [9.17, 15) is 9.59 Å². The SMILES string of the molecule is COC(C(=O)N/N=C(\C)CC(=O)Nc1ccc(Cl)cc1)c1ccccc1. The zero-order valence-corrected chi connectivity index (χ0v) is 15.3. The minimum atomic E-state index is -0.768. The van der Waals surface area contributed by atoms with E-state index in [1.165, 1.54) is 7.11 Å². The summed E-state index contributed by atoms with van der Waals surface area (Å²) in [6, 6.07) is 15.9. The molecule has 1 unspecified atom stereocenters. The molecular weight excluding hydrogens is 354 g/mol. The van der Waals surface area contributed by atoms with E-state index in [1.807, 2.05) is 18.2 Å². The van der Waals surface area contributed by atoms with Crippen molar-refractivity contribution in [3.05, 3.63) is 65.2 Å². The Labute approximate surface area is 157 Å². The van der Waals surface area contributed by atoms with Crippen LogP contribution in [0.15, 0.2) is 59.7 Å². The van der Waals surface area contributed by atoms with Crippen molar-refractivity contribution in [2.45, 2.75) is 19.4 Å². The molecule has 0 heterocycles. The lowest BCUT2D eigenvalue weighted by Crippen LogP contribution is -2.28. The molecule has 26 heavy (non-hydrogen) atoms. The summed E-state index contributed by atoms with van der Waals surface area (Å²) < 4.78 is 5.23. The Morgan fingerprint density at radius 3 is 2.38 bits per heavy atom. The summed E-state index contributed by atoms with van der Waals surface area (Å²) in [5.41, 5.74) is 4.26. The van der Waals surface area contributed by atoms with E-state index in [0.717, 1.165) is 5.56 Å². The number of amides is 2. The van der Waals surface area contributed by atoms with E-state index < -0.39 is 12.0 Å². The van der Waals surface area contributed by atoms with Gasteiger partial charge in [-0.1, -0.05) is 41.9 Å². The monoisotopic (exact) mass is 373 g/mol. The molecule has 0 spiro atoms. The molecule has 6 nitrogen and oxygen atoms in total. The van der Waals surface area contributed by atoms with Crippen molar-refractivity contribution in [2.75, 3.05) is 12.4 Å². The number of ether oxygens (including phenoxy) is 1. The number of hydrogen-bond acceptors (Lipinski definition) is 4. The molecule has 2 aromatic carbocycles. The topological polar surface area (TPSA) is 79.8 Å². The van der Waals surface area contributed by atoms with Gasteiger partial charge in [0.05, 0.1) is 6.42 Å². The molecule has 2 aromatic rings. The van der Waals surface area contributed by atoms with Gasteiger partial charge in [-0.3, -0.25) is 9.59 Å². The first kappa shape index (κ1) is 19.6. The van der Waals surface area contributed by atoms with E-state index in [2.05, 4.69) is 15.8 Å². The van der Waals surface area contributed by atoms with Crippen molar-refractivity contribution >= 4 is 34.8 Å². The molecule has 1 atom stereocenters. The maximum absolute atomic E-state index is 12.2. The van der Waals surface area contributed by atoms with Crippen LogP contribution in [-0.4, -0.2) is 24.6 Å². The van der Waals surface area contributed by atoms with Gasteiger partial charge in [0.25, 0.3) is 5.91 Å². The predicted molar refractivity (Wildman–Crippen MR) is 102 cm³/mol. The van der Waals surface area contributed by atoms with Gasteiger partial charge >= 0.3 is 0 Å². The number of methoxy groups -OCH3 is 1. The third-order valence-corrected chi connectivity index (χ3v) is 3.73. The first-order valence-corrected chi connectivity index (χ1v) is 8.33. The fourth-order valence-corrected chi connectivity index (χ4v) is 2.37. The minimum Gasteiger partial charge on any atom is -0.367 e. The first-order valence-electron chi connectivity index (χ1n) is 7.95. The Morgan fingerprint density at radius 2 is 1.77 bits per heavy atom. The highest BCUT2D eigenvalue weighted by Crippen LogP contribution is 2.16. The minimum absolute atomic E-state index is 0.0475. The fraction of sp³-hybridized carbons (Fsp3) is 0.211. The highest BCUT2D eigenvalue weighted by atomic mass is 35.5. The molecule has 7 heteroatoms. The number of carbonyl (C=O) groups excluding carboxylic acids is 2. The van der Waals surface area contributed by atoms with Crippen LogP contribution in [-0.2, 0) is 14.3 Å². The van der Waals surface area contributed by atoms with Gasteiger partial charge in [-0.15, -0.1) is 0 Å². The smallest absolute Gasteiger partial charge is 0.273 e. The van der Waals surface area contributed by atoms with Gasteiger partial charge in [-0.05, 0) is 36.8 Å². The maximum atomic E-state index is 12.2. The Balaban J connectivity index is 1.89. The van der Waals surface area contributed by atoms with Crippen LogP contribution in [0.4, 0.5) is 5.69 Å².